The molecule has 0 saturated heterocycles. The summed E-state index contributed by atoms with van der Waals surface area (Å²) in [7, 11) is 0. The van der Waals surface area contributed by atoms with Crippen molar-refractivity contribution in [3.8, 4) is 0 Å². The Hall–Kier alpha value is -1.39. The normalized spacial score (nSPS) is 14.6. The quantitative estimate of drug-likeness (QED) is 0.662. The highest BCUT2D eigenvalue weighted by molar-refractivity contribution is 6.31. The van der Waals surface area contributed by atoms with Crippen molar-refractivity contribution in [3.63, 3.8) is 0 Å². The summed E-state index contributed by atoms with van der Waals surface area (Å²) in [4.78, 5) is 22.3. The van der Waals surface area contributed by atoms with Crippen LogP contribution in [-0.4, -0.2) is 29.1 Å². The largest absolute Gasteiger partial charge is 0.481 e. The van der Waals surface area contributed by atoms with Crippen LogP contribution in [0.1, 0.15) is 26.7 Å². The molecule has 0 amide bonds. The average Bonchev–Trinajstić information content (AvgIpc) is 2.35. The summed E-state index contributed by atoms with van der Waals surface area (Å²) in [5.74, 6) is -1.33. The average molecular weight is 287 g/mol. The van der Waals surface area contributed by atoms with E-state index in [1.54, 1.807) is 19.9 Å². The summed E-state index contributed by atoms with van der Waals surface area (Å²) in [5.41, 5.74) is 0.546. The van der Waals surface area contributed by atoms with E-state index in [2.05, 4.69) is 13.2 Å². The molecule has 0 aromatic heterocycles. The number of hydrogen-bond acceptors (Lipinski definition) is 3. The predicted molar refractivity (Wildman–Crippen MR) is 75.2 cm³/mol. The Bertz CT molecular complexity index is 398. The lowest BCUT2D eigenvalue weighted by Crippen LogP contribution is -2.30. The highest BCUT2D eigenvalue weighted by atomic mass is 35.5. The van der Waals surface area contributed by atoms with Crippen LogP contribution in [0.4, 0.5) is 0 Å². The smallest absolute Gasteiger partial charge is 0.306 e. The fourth-order valence-corrected chi connectivity index (χ4v) is 1.45. The second-order valence-electron chi connectivity index (χ2n) is 3.99. The molecule has 0 saturated carbocycles. The molecular weight excluding hydrogens is 268 g/mol. The molecule has 0 aliphatic carbocycles. The molecule has 0 radical (unpaired) electrons. The van der Waals surface area contributed by atoms with E-state index in [4.69, 9.17) is 21.4 Å². The minimum atomic E-state index is -1.08. The van der Waals surface area contributed by atoms with Crippen LogP contribution in [-0.2, 0) is 14.3 Å². The first-order chi connectivity index (χ1) is 8.81. The monoisotopic (exact) mass is 286 g/mol. The van der Waals surface area contributed by atoms with Gasteiger partial charge in [-0.3, -0.25) is 9.59 Å². The van der Waals surface area contributed by atoms with Gasteiger partial charge in [-0.1, -0.05) is 37.8 Å². The van der Waals surface area contributed by atoms with Gasteiger partial charge in [0.25, 0.3) is 0 Å². The summed E-state index contributed by atoms with van der Waals surface area (Å²) in [6.45, 7) is 10.6. The first-order valence-corrected chi connectivity index (χ1v) is 6.28. The molecule has 0 bridgehead atoms. The van der Waals surface area contributed by atoms with Gasteiger partial charge in [-0.15, -0.1) is 0 Å². The fourth-order valence-electron chi connectivity index (χ4n) is 1.31. The van der Waals surface area contributed by atoms with Crippen LogP contribution in [0, 0.1) is 0 Å². The first-order valence-electron chi connectivity index (χ1n) is 5.90. The van der Waals surface area contributed by atoms with Crippen molar-refractivity contribution < 1.29 is 19.4 Å². The van der Waals surface area contributed by atoms with Gasteiger partial charge in [-0.05, 0) is 18.6 Å². The van der Waals surface area contributed by atoms with Gasteiger partial charge >= 0.3 is 5.97 Å². The summed E-state index contributed by atoms with van der Waals surface area (Å²) in [6, 6.07) is 0. The van der Waals surface area contributed by atoms with Crippen LogP contribution in [0.2, 0.25) is 0 Å². The lowest BCUT2D eigenvalue weighted by molar-refractivity contribution is -0.146. The molecule has 0 aromatic carbocycles. The van der Waals surface area contributed by atoms with Crippen molar-refractivity contribution in [2.24, 2.45) is 0 Å². The maximum Gasteiger partial charge on any atom is 0.306 e. The lowest BCUT2D eigenvalue weighted by atomic mass is 10.1. The molecule has 0 aromatic rings. The van der Waals surface area contributed by atoms with E-state index in [1.165, 1.54) is 6.08 Å². The fraction of sp³-hybridized carbons (Fsp3) is 0.429. The molecular formula is C14H19ClO4. The number of Topliss-reactive ketones (excluding diaryl/α,β-unsaturated/α-hetero) is 1. The zero-order valence-corrected chi connectivity index (χ0v) is 11.9. The molecule has 2 atom stereocenters. The number of aliphatic carboxylic acids is 1. The molecule has 0 heterocycles. The molecule has 0 rings (SSSR count). The number of hydrogen-bond donors (Lipinski definition) is 1. The second-order valence-corrected chi connectivity index (χ2v) is 4.43. The summed E-state index contributed by atoms with van der Waals surface area (Å²) < 4.78 is 5.45. The standard InChI is InChI=1S/C14H19ClO4/c1-5-11(15)7-9(3)10(4)19-13(8-14(17)18)12(16)6-2/h5,7,10,13H,1,3,6,8H2,2,4H3,(H,17,18). The second kappa shape index (κ2) is 8.67. The van der Waals surface area contributed by atoms with Crippen LogP contribution in [0.5, 0.6) is 0 Å². The van der Waals surface area contributed by atoms with Crippen molar-refractivity contribution >= 4 is 23.4 Å². The minimum absolute atomic E-state index is 0.223. The topological polar surface area (TPSA) is 63.6 Å². The van der Waals surface area contributed by atoms with Gasteiger partial charge in [0.1, 0.15) is 6.10 Å². The van der Waals surface area contributed by atoms with E-state index in [9.17, 15) is 9.59 Å². The van der Waals surface area contributed by atoms with Crippen molar-refractivity contribution in [1.29, 1.82) is 0 Å². The van der Waals surface area contributed by atoms with Crippen LogP contribution < -0.4 is 0 Å². The van der Waals surface area contributed by atoms with Crippen molar-refractivity contribution in [1.82, 2.24) is 0 Å². The molecule has 106 valence electrons. The number of carboxylic acids is 1. The van der Waals surface area contributed by atoms with E-state index < -0.39 is 18.2 Å². The Labute approximate surface area is 118 Å². The van der Waals surface area contributed by atoms with E-state index >= 15 is 0 Å². The van der Waals surface area contributed by atoms with Crippen LogP contribution in [0.15, 0.2) is 35.9 Å². The molecule has 5 heteroatoms. The number of rotatable bonds is 9. The Morgan fingerprint density at radius 3 is 2.47 bits per heavy atom. The Morgan fingerprint density at radius 1 is 1.47 bits per heavy atom. The molecule has 0 aliphatic rings. The molecule has 1 N–H and O–H groups in total. The number of allylic oxidation sites excluding steroid dienone is 2. The van der Waals surface area contributed by atoms with Gasteiger partial charge in [-0.2, -0.15) is 0 Å². The Morgan fingerprint density at radius 2 is 2.05 bits per heavy atom. The van der Waals surface area contributed by atoms with Crippen LogP contribution >= 0.6 is 11.6 Å². The van der Waals surface area contributed by atoms with E-state index in [0.29, 0.717) is 10.6 Å². The number of carbonyl (C=O) groups excluding carboxylic acids is 1. The highest BCUT2D eigenvalue weighted by Gasteiger charge is 2.23. The van der Waals surface area contributed by atoms with E-state index in [1.807, 2.05) is 0 Å². The summed E-state index contributed by atoms with van der Waals surface area (Å²) in [5, 5.41) is 9.16. The zero-order valence-electron chi connectivity index (χ0n) is 11.2. The molecule has 2 unspecified atom stereocenters. The van der Waals surface area contributed by atoms with Crippen molar-refractivity contribution in [3.05, 3.63) is 35.9 Å². The van der Waals surface area contributed by atoms with Crippen molar-refractivity contribution in [2.75, 3.05) is 0 Å². The number of carboxylic acid groups (broad SMARTS) is 1. The summed E-state index contributed by atoms with van der Waals surface area (Å²) in [6.07, 6.45) is 1.40. The SMILES string of the molecule is C=CC(Cl)=CC(=C)C(C)OC(CC(=O)O)C(=O)CC. The van der Waals surface area contributed by atoms with Crippen LogP contribution in [0.25, 0.3) is 0 Å². The third kappa shape index (κ3) is 6.94. The molecule has 19 heavy (non-hydrogen) atoms. The third-order valence-corrected chi connectivity index (χ3v) is 2.74. The van der Waals surface area contributed by atoms with Crippen LogP contribution in [0.3, 0.4) is 0 Å². The molecule has 4 nitrogen and oxygen atoms in total. The molecule has 0 fully saturated rings. The van der Waals surface area contributed by atoms with Gasteiger partial charge in [0.15, 0.2) is 5.78 Å². The Kier molecular flexibility index (Phi) is 8.03. The van der Waals surface area contributed by atoms with Gasteiger partial charge in [0.2, 0.25) is 0 Å². The van der Waals surface area contributed by atoms with E-state index in [0.717, 1.165) is 0 Å². The lowest BCUT2D eigenvalue weighted by Gasteiger charge is -2.20. The van der Waals surface area contributed by atoms with Gasteiger partial charge < -0.3 is 9.84 Å². The minimum Gasteiger partial charge on any atom is -0.481 e. The maximum atomic E-state index is 11.6. The van der Waals surface area contributed by atoms with Gasteiger partial charge in [-0.25, -0.2) is 0 Å². The van der Waals surface area contributed by atoms with Crippen molar-refractivity contribution in [2.45, 2.75) is 38.9 Å². The number of ketones is 1. The number of halogens is 1. The first kappa shape index (κ1) is 17.6. The Balaban J connectivity index is 4.75. The predicted octanol–water partition coefficient (Wildman–Crippen LogP) is 3.08. The third-order valence-electron chi connectivity index (χ3n) is 2.48. The molecule has 0 spiro atoms. The highest BCUT2D eigenvalue weighted by Crippen LogP contribution is 2.16. The zero-order chi connectivity index (χ0) is 15.0. The van der Waals surface area contributed by atoms with Gasteiger partial charge in [0, 0.05) is 11.5 Å². The molecule has 0 aliphatic heterocycles. The number of ether oxygens (including phenoxy) is 1. The van der Waals surface area contributed by atoms with E-state index in [-0.39, 0.29) is 18.6 Å². The van der Waals surface area contributed by atoms with Gasteiger partial charge in [0.05, 0.1) is 12.5 Å². The maximum absolute atomic E-state index is 11.6. The number of carbonyl (C=O) groups is 2. The summed E-state index contributed by atoms with van der Waals surface area (Å²) >= 11 is 5.78.